The van der Waals surface area contributed by atoms with Crippen molar-refractivity contribution in [3.05, 3.63) is 28.8 Å². The quantitative estimate of drug-likeness (QED) is 0.897. The molecule has 0 saturated carbocycles. The fourth-order valence-electron chi connectivity index (χ4n) is 1.97. The summed E-state index contributed by atoms with van der Waals surface area (Å²) in [5.41, 5.74) is 3.72. The molecule has 0 bridgehead atoms. The van der Waals surface area contributed by atoms with E-state index in [4.69, 9.17) is 0 Å². The Bertz CT molecular complexity index is 511. The van der Waals surface area contributed by atoms with E-state index in [-0.39, 0.29) is 0 Å². The van der Waals surface area contributed by atoms with Crippen LogP contribution in [-0.2, 0) is 13.6 Å². The van der Waals surface area contributed by atoms with Gasteiger partial charge in [-0.2, -0.15) is 5.10 Å². The van der Waals surface area contributed by atoms with Gasteiger partial charge in [0.2, 0.25) is 0 Å². The van der Waals surface area contributed by atoms with E-state index in [1.165, 1.54) is 16.0 Å². The van der Waals surface area contributed by atoms with Gasteiger partial charge in [-0.25, -0.2) is 0 Å². The molecular formula is C14H21N3S. The second-order valence-corrected chi connectivity index (χ2v) is 6.05. The smallest absolute Gasteiger partial charge is 0.107 e. The van der Waals surface area contributed by atoms with E-state index in [0.29, 0.717) is 5.92 Å². The highest BCUT2D eigenvalue weighted by Gasteiger charge is 2.13. The van der Waals surface area contributed by atoms with Crippen molar-refractivity contribution >= 4 is 11.3 Å². The van der Waals surface area contributed by atoms with Gasteiger partial charge >= 0.3 is 0 Å². The van der Waals surface area contributed by atoms with Crippen LogP contribution < -0.4 is 5.32 Å². The van der Waals surface area contributed by atoms with Crippen LogP contribution in [0.3, 0.4) is 0 Å². The summed E-state index contributed by atoms with van der Waals surface area (Å²) >= 11 is 1.77. The molecule has 0 aliphatic rings. The van der Waals surface area contributed by atoms with E-state index in [9.17, 15) is 0 Å². The predicted octanol–water partition coefficient (Wildman–Crippen LogP) is 3.20. The van der Waals surface area contributed by atoms with Crippen LogP contribution >= 0.6 is 11.3 Å². The molecule has 0 fully saturated rings. The molecule has 0 radical (unpaired) electrons. The number of aryl methyl sites for hydroxylation is 2. The summed E-state index contributed by atoms with van der Waals surface area (Å²) in [6.07, 6.45) is 2.11. The van der Waals surface area contributed by atoms with Gasteiger partial charge in [0.25, 0.3) is 0 Å². The summed E-state index contributed by atoms with van der Waals surface area (Å²) in [5.74, 6) is 0.675. The molecule has 3 nitrogen and oxygen atoms in total. The lowest BCUT2D eigenvalue weighted by Gasteiger charge is -2.07. The van der Waals surface area contributed by atoms with Crippen molar-refractivity contribution < 1.29 is 0 Å². The normalized spacial score (nSPS) is 11.4. The van der Waals surface area contributed by atoms with Gasteiger partial charge < -0.3 is 5.32 Å². The van der Waals surface area contributed by atoms with E-state index in [1.807, 2.05) is 11.7 Å². The van der Waals surface area contributed by atoms with E-state index in [1.54, 1.807) is 11.3 Å². The maximum Gasteiger partial charge on any atom is 0.107 e. The Morgan fingerprint density at radius 1 is 1.44 bits per heavy atom. The number of thiophene rings is 1. The first-order chi connectivity index (χ1) is 8.58. The molecule has 0 aromatic carbocycles. The van der Waals surface area contributed by atoms with Gasteiger partial charge in [-0.15, -0.1) is 11.3 Å². The lowest BCUT2D eigenvalue weighted by molar-refractivity contribution is 0.552. The molecule has 2 aromatic heterocycles. The standard InChI is InChI=1S/C14H21N3S/c1-10(2)7-15-8-12-9-17(4)16-13(12)14-11(3)5-6-18-14/h5-6,9-10,15H,7-8H2,1-4H3. The van der Waals surface area contributed by atoms with E-state index in [0.717, 1.165) is 18.8 Å². The number of aromatic nitrogens is 2. The Hall–Kier alpha value is -1.13. The first-order valence-corrected chi connectivity index (χ1v) is 7.23. The Kier molecular flexibility index (Phi) is 4.19. The van der Waals surface area contributed by atoms with Crippen molar-refractivity contribution in [3.8, 4) is 10.6 Å². The fraction of sp³-hybridized carbons (Fsp3) is 0.500. The zero-order valence-electron chi connectivity index (χ0n) is 11.5. The van der Waals surface area contributed by atoms with Gasteiger partial charge in [-0.3, -0.25) is 4.68 Å². The average molecular weight is 263 g/mol. The van der Waals surface area contributed by atoms with E-state index in [2.05, 4.69) is 48.8 Å². The van der Waals surface area contributed by atoms with Crippen molar-refractivity contribution in [2.45, 2.75) is 27.3 Å². The number of nitrogens with one attached hydrogen (secondary N) is 1. The largest absolute Gasteiger partial charge is 0.312 e. The SMILES string of the molecule is Cc1ccsc1-c1nn(C)cc1CNCC(C)C. The van der Waals surface area contributed by atoms with Crippen molar-refractivity contribution in [2.24, 2.45) is 13.0 Å². The summed E-state index contributed by atoms with van der Waals surface area (Å²) in [7, 11) is 1.98. The molecule has 0 amide bonds. The van der Waals surface area contributed by atoms with Gasteiger partial charge in [-0.1, -0.05) is 13.8 Å². The molecule has 2 rings (SSSR count). The summed E-state index contributed by atoms with van der Waals surface area (Å²) in [6.45, 7) is 8.52. The third-order valence-electron chi connectivity index (χ3n) is 2.85. The van der Waals surface area contributed by atoms with Crippen LogP contribution in [0, 0.1) is 12.8 Å². The summed E-state index contributed by atoms with van der Waals surface area (Å²) in [4.78, 5) is 1.29. The van der Waals surface area contributed by atoms with Crippen molar-refractivity contribution in [1.82, 2.24) is 15.1 Å². The van der Waals surface area contributed by atoms with Crippen LogP contribution in [0.15, 0.2) is 17.6 Å². The Balaban J connectivity index is 2.18. The van der Waals surface area contributed by atoms with Gasteiger partial charge in [-0.05, 0) is 36.4 Å². The number of hydrogen-bond acceptors (Lipinski definition) is 3. The number of rotatable bonds is 5. The van der Waals surface area contributed by atoms with Crippen molar-refractivity contribution in [1.29, 1.82) is 0 Å². The molecule has 0 atom stereocenters. The molecule has 2 aromatic rings. The molecule has 4 heteroatoms. The third kappa shape index (κ3) is 3.00. The zero-order valence-corrected chi connectivity index (χ0v) is 12.3. The summed E-state index contributed by atoms with van der Waals surface area (Å²) in [5, 5.41) is 10.2. The second kappa shape index (κ2) is 5.67. The third-order valence-corrected chi connectivity index (χ3v) is 3.87. The van der Waals surface area contributed by atoms with Crippen LogP contribution in [0.5, 0.6) is 0 Å². The highest BCUT2D eigenvalue weighted by Crippen LogP contribution is 2.30. The first-order valence-electron chi connectivity index (χ1n) is 6.35. The van der Waals surface area contributed by atoms with Gasteiger partial charge in [0, 0.05) is 25.4 Å². The minimum atomic E-state index is 0.675. The average Bonchev–Trinajstić information content (AvgIpc) is 2.84. The summed E-state index contributed by atoms with van der Waals surface area (Å²) < 4.78 is 1.90. The van der Waals surface area contributed by atoms with Crippen molar-refractivity contribution in [3.63, 3.8) is 0 Å². The molecule has 18 heavy (non-hydrogen) atoms. The molecule has 0 saturated heterocycles. The molecule has 2 heterocycles. The Labute approximate surface area is 113 Å². The highest BCUT2D eigenvalue weighted by atomic mass is 32.1. The maximum absolute atomic E-state index is 4.60. The lowest BCUT2D eigenvalue weighted by atomic mass is 10.1. The fourth-order valence-corrected chi connectivity index (χ4v) is 2.91. The lowest BCUT2D eigenvalue weighted by Crippen LogP contribution is -2.19. The molecule has 0 unspecified atom stereocenters. The summed E-state index contributed by atoms with van der Waals surface area (Å²) in [6, 6.07) is 2.15. The topological polar surface area (TPSA) is 29.9 Å². The molecular weight excluding hydrogens is 242 g/mol. The van der Waals surface area contributed by atoms with Crippen LogP contribution in [0.1, 0.15) is 25.0 Å². The van der Waals surface area contributed by atoms with E-state index >= 15 is 0 Å². The zero-order chi connectivity index (χ0) is 13.1. The first kappa shape index (κ1) is 13.3. The minimum Gasteiger partial charge on any atom is -0.312 e. The van der Waals surface area contributed by atoms with Crippen LogP contribution in [0.2, 0.25) is 0 Å². The van der Waals surface area contributed by atoms with E-state index < -0.39 is 0 Å². The Morgan fingerprint density at radius 3 is 2.83 bits per heavy atom. The van der Waals surface area contributed by atoms with Crippen LogP contribution in [0.25, 0.3) is 10.6 Å². The minimum absolute atomic E-state index is 0.675. The van der Waals surface area contributed by atoms with Gasteiger partial charge in [0.05, 0.1) is 4.88 Å². The molecule has 1 N–H and O–H groups in total. The van der Waals surface area contributed by atoms with Crippen molar-refractivity contribution in [2.75, 3.05) is 6.54 Å². The Morgan fingerprint density at radius 2 is 2.22 bits per heavy atom. The number of nitrogens with zero attached hydrogens (tertiary/aromatic N) is 2. The molecule has 0 aliphatic carbocycles. The maximum atomic E-state index is 4.60. The monoisotopic (exact) mass is 263 g/mol. The van der Waals surface area contributed by atoms with Gasteiger partial charge in [0.1, 0.15) is 5.69 Å². The van der Waals surface area contributed by atoms with Gasteiger partial charge in [0.15, 0.2) is 0 Å². The molecule has 0 aliphatic heterocycles. The predicted molar refractivity (Wildman–Crippen MR) is 77.8 cm³/mol. The molecule has 98 valence electrons. The highest BCUT2D eigenvalue weighted by molar-refractivity contribution is 7.13. The second-order valence-electron chi connectivity index (χ2n) is 5.13. The van der Waals surface area contributed by atoms with Crippen LogP contribution in [-0.4, -0.2) is 16.3 Å². The molecule has 0 spiro atoms. The van der Waals surface area contributed by atoms with Crippen LogP contribution in [0.4, 0.5) is 0 Å². The number of hydrogen-bond donors (Lipinski definition) is 1.